The van der Waals surface area contributed by atoms with Gasteiger partial charge in [0.15, 0.2) is 5.78 Å². The number of imide groups is 1. The molecule has 1 aliphatic carbocycles. The molecule has 8 nitrogen and oxygen atoms in total. The molecule has 2 heterocycles. The highest BCUT2D eigenvalue weighted by Crippen LogP contribution is 2.38. The molecule has 1 saturated carbocycles. The number of nitrogens with one attached hydrogen (secondary N) is 1. The van der Waals surface area contributed by atoms with Gasteiger partial charge in [-0.2, -0.15) is 0 Å². The fraction of sp³-hybridized carbons (Fsp3) is 0.571. The van der Waals surface area contributed by atoms with E-state index in [-0.39, 0.29) is 59.6 Å². The number of ketones is 1. The lowest BCUT2D eigenvalue weighted by atomic mass is 9.81. The number of anilines is 1. The molecule has 2 atom stereocenters. The van der Waals surface area contributed by atoms with Crippen molar-refractivity contribution in [2.24, 2.45) is 11.8 Å². The number of likely N-dealkylation sites (tertiary alicyclic amines) is 1. The second kappa shape index (κ2) is 9.07. The lowest BCUT2D eigenvalue weighted by Gasteiger charge is -2.19. The molecular weight excluding hydrogens is 408 g/mol. The monoisotopic (exact) mass is 434 g/mol. The second-order valence-corrected chi connectivity index (χ2v) is 8.68. The van der Waals surface area contributed by atoms with E-state index in [2.05, 4.69) is 5.32 Å². The summed E-state index contributed by atoms with van der Waals surface area (Å²) in [5, 5.41) is 2.90. The van der Waals surface area contributed by atoms with Crippen molar-refractivity contribution in [3.63, 3.8) is 0 Å². The summed E-state index contributed by atoms with van der Waals surface area (Å²) in [6.45, 7) is 4.88. The average molecular weight is 435 g/mol. The highest BCUT2D eigenvalue weighted by molar-refractivity contribution is 7.18. The quantitative estimate of drug-likeness (QED) is 0.401. The van der Waals surface area contributed by atoms with Gasteiger partial charge < -0.3 is 10.1 Å². The lowest BCUT2D eigenvalue weighted by Crippen LogP contribution is -2.34. The summed E-state index contributed by atoms with van der Waals surface area (Å²) >= 11 is 1.02. The maximum Gasteiger partial charge on any atom is 0.341 e. The zero-order valence-corrected chi connectivity index (χ0v) is 18.2. The summed E-state index contributed by atoms with van der Waals surface area (Å²) in [6, 6.07) is 0. The molecule has 0 spiro atoms. The second-order valence-electron chi connectivity index (χ2n) is 7.66. The van der Waals surface area contributed by atoms with Gasteiger partial charge in [0.25, 0.3) is 0 Å². The Morgan fingerprint density at radius 1 is 1.13 bits per heavy atom. The van der Waals surface area contributed by atoms with Crippen LogP contribution in [0.2, 0.25) is 0 Å². The molecule has 1 aromatic heterocycles. The Bertz CT molecular complexity index is 882. The molecule has 9 heteroatoms. The third-order valence-corrected chi connectivity index (χ3v) is 7.00. The normalized spacial score (nSPS) is 20.8. The van der Waals surface area contributed by atoms with Gasteiger partial charge in [0.2, 0.25) is 17.7 Å². The SMILES string of the molecule is CCOC(=O)c1c(NC(=O)CCN2C(=O)[C@H]3CCCC[C@@H]3C2=O)sc(C(C)=O)c1C. The van der Waals surface area contributed by atoms with Crippen LogP contribution in [0.4, 0.5) is 5.00 Å². The van der Waals surface area contributed by atoms with Crippen LogP contribution in [0.5, 0.6) is 0 Å². The number of fused-ring (bicyclic) bond motifs is 1. The van der Waals surface area contributed by atoms with E-state index in [1.165, 1.54) is 11.8 Å². The van der Waals surface area contributed by atoms with E-state index in [4.69, 9.17) is 4.74 Å². The number of ether oxygens (including phenoxy) is 1. The first-order chi connectivity index (χ1) is 14.3. The fourth-order valence-electron chi connectivity index (χ4n) is 4.24. The van der Waals surface area contributed by atoms with Gasteiger partial charge in [-0.05, 0) is 39.2 Å². The van der Waals surface area contributed by atoms with Crippen molar-refractivity contribution < 1.29 is 28.7 Å². The first kappa shape index (κ1) is 22.1. The third-order valence-electron chi connectivity index (χ3n) is 5.69. The van der Waals surface area contributed by atoms with E-state index in [1.807, 2.05) is 0 Å². The van der Waals surface area contributed by atoms with E-state index in [1.54, 1.807) is 13.8 Å². The Morgan fingerprint density at radius 3 is 2.27 bits per heavy atom. The summed E-state index contributed by atoms with van der Waals surface area (Å²) < 4.78 is 5.06. The molecule has 0 radical (unpaired) electrons. The summed E-state index contributed by atoms with van der Waals surface area (Å²) in [4.78, 5) is 63.4. The van der Waals surface area contributed by atoms with Crippen LogP contribution in [0.1, 0.15) is 71.5 Å². The van der Waals surface area contributed by atoms with Gasteiger partial charge in [-0.25, -0.2) is 4.79 Å². The molecule has 162 valence electrons. The minimum Gasteiger partial charge on any atom is -0.462 e. The number of thiophene rings is 1. The first-order valence-corrected chi connectivity index (χ1v) is 11.0. The van der Waals surface area contributed by atoms with Crippen LogP contribution in [0.25, 0.3) is 0 Å². The van der Waals surface area contributed by atoms with E-state index in [9.17, 15) is 24.0 Å². The Kier molecular flexibility index (Phi) is 6.70. The molecule has 30 heavy (non-hydrogen) atoms. The molecule has 2 aliphatic rings. The number of Topliss-reactive ketones (excluding diaryl/α,β-unsaturated/α-hetero) is 1. The molecule has 3 amide bonds. The van der Waals surface area contributed by atoms with Crippen molar-refractivity contribution in [2.45, 2.75) is 52.9 Å². The van der Waals surface area contributed by atoms with Crippen LogP contribution < -0.4 is 5.32 Å². The van der Waals surface area contributed by atoms with Gasteiger partial charge in [0, 0.05) is 13.0 Å². The Hall–Kier alpha value is -2.55. The molecule has 1 aromatic rings. The van der Waals surface area contributed by atoms with Crippen LogP contribution in [0.15, 0.2) is 0 Å². The topological polar surface area (TPSA) is 110 Å². The van der Waals surface area contributed by atoms with E-state index in [0.717, 1.165) is 37.0 Å². The standard InChI is InChI=1S/C21H26N2O6S/c1-4-29-21(28)16-11(2)17(12(3)24)30-18(16)22-15(25)9-10-23-19(26)13-7-5-6-8-14(13)20(23)27/h13-14H,4-10H2,1-3H3,(H,22,25)/t13-,14-/m0/s1. The summed E-state index contributed by atoms with van der Waals surface area (Å²) in [7, 11) is 0. The van der Waals surface area contributed by atoms with Gasteiger partial charge >= 0.3 is 5.97 Å². The van der Waals surface area contributed by atoms with Crippen LogP contribution in [0.3, 0.4) is 0 Å². The molecule has 1 N–H and O–H groups in total. The van der Waals surface area contributed by atoms with E-state index in [0.29, 0.717) is 10.4 Å². The highest BCUT2D eigenvalue weighted by Gasteiger charge is 2.47. The Labute approximate surface area is 178 Å². The zero-order chi connectivity index (χ0) is 22.0. The van der Waals surface area contributed by atoms with E-state index < -0.39 is 11.9 Å². The molecule has 0 aromatic carbocycles. The highest BCUT2D eigenvalue weighted by atomic mass is 32.1. The summed E-state index contributed by atoms with van der Waals surface area (Å²) in [6.07, 6.45) is 3.26. The Balaban J connectivity index is 1.70. The van der Waals surface area contributed by atoms with Crippen molar-refractivity contribution >= 4 is 45.8 Å². The molecule has 1 saturated heterocycles. The van der Waals surface area contributed by atoms with Crippen LogP contribution in [-0.4, -0.2) is 47.5 Å². The molecule has 0 unspecified atom stereocenters. The predicted molar refractivity (Wildman–Crippen MR) is 110 cm³/mol. The number of hydrogen-bond donors (Lipinski definition) is 1. The van der Waals surface area contributed by atoms with Crippen molar-refractivity contribution in [1.82, 2.24) is 4.90 Å². The molecule has 1 aliphatic heterocycles. The van der Waals surface area contributed by atoms with Crippen molar-refractivity contribution in [3.8, 4) is 0 Å². The minimum atomic E-state index is -0.608. The first-order valence-electron chi connectivity index (χ1n) is 10.2. The van der Waals surface area contributed by atoms with Crippen LogP contribution in [0, 0.1) is 18.8 Å². The van der Waals surface area contributed by atoms with Crippen molar-refractivity contribution in [1.29, 1.82) is 0 Å². The van der Waals surface area contributed by atoms with Gasteiger partial charge in [-0.15, -0.1) is 11.3 Å². The largest absolute Gasteiger partial charge is 0.462 e. The van der Waals surface area contributed by atoms with Crippen LogP contribution in [-0.2, 0) is 19.1 Å². The van der Waals surface area contributed by atoms with E-state index >= 15 is 0 Å². The average Bonchev–Trinajstić information content (AvgIpc) is 3.15. The van der Waals surface area contributed by atoms with Gasteiger partial charge in [0.1, 0.15) is 5.00 Å². The molecule has 0 bridgehead atoms. The fourth-order valence-corrected chi connectivity index (χ4v) is 5.35. The minimum absolute atomic E-state index is 0.00909. The number of esters is 1. The number of nitrogens with zero attached hydrogens (tertiary/aromatic N) is 1. The smallest absolute Gasteiger partial charge is 0.341 e. The summed E-state index contributed by atoms with van der Waals surface area (Å²) in [5.41, 5.74) is 0.634. The molecule has 3 rings (SSSR count). The van der Waals surface area contributed by atoms with Crippen LogP contribution >= 0.6 is 11.3 Å². The lowest BCUT2D eigenvalue weighted by molar-refractivity contribution is -0.140. The zero-order valence-electron chi connectivity index (χ0n) is 17.4. The van der Waals surface area contributed by atoms with Crippen molar-refractivity contribution in [3.05, 3.63) is 16.0 Å². The number of hydrogen-bond acceptors (Lipinski definition) is 7. The maximum atomic E-state index is 12.5. The number of carbonyl (C=O) groups is 5. The van der Waals surface area contributed by atoms with Gasteiger partial charge in [0.05, 0.1) is 28.9 Å². The van der Waals surface area contributed by atoms with Gasteiger partial charge in [-0.3, -0.25) is 24.1 Å². The molecule has 2 fully saturated rings. The Morgan fingerprint density at radius 2 is 1.73 bits per heavy atom. The third kappa shape index (κ3) is 4.16. The van der Waals surface area contributed by atoms with Crippen molar-refractivity contribution in [2.75, 3.05) is 18.5 Å². The number of amides is 3. The number of carbonyl (C=O) groups excluding carboxylic acids is 5. The molecular formula is C21H26N2O6S. The summed E-state index contributed by atoms with van der Waals surface area (Å²) in [5.74, 6) is -2.12. The van der Waals surface area contributed by atoms with Gasteiger partial charge in [-0.1, -0.05) is 12.8 Å². The number of rotatable bonds is 7. The predicted octanol–water partition coefficient (Wildman–Crippen LogP) is 2.94. The maximum absolute atomic E-state index is 12.5.